The molecule has 78 valence electrons. The highest BCUT2D eigenvalue weighted by atomic mass is 19.1. The second-order valence-corrected chi connectivity index (χ2v) is 3.46. The van der Waals surface area contributed by atoms with Crippen LogP contribution in [0.4, 0.5) is 4.39 Å². The highest BCUT2D eigenvalue weighted by Crippen LogP contribution is 2.15. The van der Waals surface area contributed by atoms with Crippen LogP contribution in [0.25, 0.3) is 10.9 Å². The van der Waals surface area contributed by atoms with Gasteiger partial charge in [0.1, 0.15) is 5.82 Å². The van der Waals surface area contributed by atoms with E-state index in [2.05, 4.69) is 4.98 Å². The molecule has 1 heterocycles. The van der Waals surface area contributed by atoms with Gasteiger partial charge in [-0.2, -0.15) is 0 Å². The van der Waals surface area contributed by atoms with Crippen LogP contribution < -0.4 is 5.56 Å². The predicted octanol–water partition coefficient (Wildman–Crippen LogP) is 1.72. The van der Waals surface area contributed by atoms with Crippen molar-refractivity contribution in [3.63, 3.8) is 0 Å². The lowest BCUT2D eigenvalue weighted by Gasteiger charge is -2.05. The number of aromatic amines is 1. The van der Waals surface area contributed by atoms with Crippen molar-refractivity contribution in [3.8, 4) is 0 Å². The molecule has 0 aliphatic heterocycles. The van der Waals surface area contributed by atoms with Crippen LogP contribution in [0.3, 0.4) is 0 Å². The van der Waals surface area contributed by atoms with E-state index in [9.17, 15) is 14.3 Å². The van der Waals surface area contributed by atoms with Crippen molar-refractivity contribution in [2.24, 2.45) is 0 Å². The van der Waals surface area contributed by atoms with E-state index in [4.69, 9.17) is 0 Å². The minimum absolute atomic E-state index is 0.286. The van der Waals surface area contributed by atoms with E-state index in [1.165, 1.54) is 19.1 Å². The van der Waals surface area contributed by atoms with Crippen LogP contribution in [0.1, 0.15) is 18.6 Å². The van der Waals surface area contributed by atoms with Gasteiger partial charge in [-0.05, 0) is 36.6 Å². The normalized spacial score (nSPS) is 13.0. The van der Waals surface area contributed by atoms with Gasteiger partial charge in [0, 0.05) is 5.56 Å². The third-order valence-corrected chi connectivity index (χ3v) is 2.29. The minimum Gasteiger partial charge on any atom is -0.388 e. The van der Waals surface area contributed by atoms with Gasteiger partial charge in [-0.3, -0.25) is 4.79 Å². The Morgan fingerprint density at radius 2 is 2.13 bits per heavy atom. The van der Waals surface area contributed by atoms with Crippen molar-refractivity contribution in [1.29, 1.82) is 0 Å². The van der Waals surface area contributed by atoms with E-state index in [0.29, 0.717) is 10.9 Å². The summed E-state index contributed by atoms with van der Waals surface area (Å²) in [5.41, 5.74) is 0.335. The molecule has 2 N–H and O–H groups in total. The molecule has 4 heteroatoms. The zero-order valence-corrected chi connectivity index (χ0v) is 8.12. The molecule has 0 fully saturated rings. The van der Waals surface area contributed by atoms with Crippen molar-refractivity contribution < 1.29 is 9.50 Å². The number of halogens is 1. The molecule has 0 amide bonds. The van der Waals surface area contributed by atoms with E-state index in [-0.39, 0.29) is 11.1 Å². The van der Waals surface area contributed by atoms with Gasteiger partial charge in [-0.25, -0.2) is 4.39 Å². The fraction of sp³-hybridized carbons (Fsp3) is 0.182. The predicted molar refractivity (Wildman–Crippen MR) is 55.2 cm³/mol. The summed E-state index contributed by atoms with van der Waals surface area (Å²) in [6.45, 7) is 1.51. The number of hydrogen-bond donors (Lipinski definition) is 2. The molecule has 0 bridgehead atoms. The largest absolute Gasteiger partial charge is 0.388 e. The van der Waals surface area contributed by atoms with Gasteiger partial charge in [-0.1, -0.05) is 0 Å². The maximum absolute atomic E-state index is 12.9. The number of benzene rings is 1. The number of rotatable bonds is 1. The summed E-state index contributed by atoms with van der Waals surface area (Å²) in [4.78, 5) is 14.0. The minimum atomic E-state index is -0.830. The molecule has 3 nitrogen and oxygen atoms in total. The highest BCUT2D eigenvalue weighted by Gasteiger charge is 2.07. The molecule has 1 atom stereocenters. The average molecular weight is 207 g/mol. The molecular formula is C11H10FNO2. The van der Waals surface area contributed by atoms with E-state index in [1.807, 2.05) is 0 Å². The molecule has 15 heavy (non-hydrogen) atoms. The smallest absolute Gasteiger partial charge is 0.254 e. The maximum atomic E-state index is 12.9. The quantitative estimate of drug-likeness (QED) is 0.748. The molecule has 0 spiro atoms. The summed E-state index contributed by atoms with van der Waals surface area (Å²) in [7, 11) is 0. The first-order chi connectivity index (χ1) is 7.08. The molecule has 1 unspecified atom stereocenters. The molecule has 2 rings (SSSR count). The van der Waals surface area contributed by atoms with Crippen molar-refractivity contribution in [1.82, 2.24) is 4.98 Å². The lowest BCUT2D eigenvalue weighted by molar-refractivity contribution is 0.198. The number of fused-ring (bicyclic) bond motifs is 1. The van der Waals surface area contributed by atoms with E-state index in [0.717, 1.165) is 0 Å². The van der Waals surface area contributed by atoms with Crippen molar-refractivity contribution in [3.05, 3.63) is 46.0 Å². The third-order valence-electron chi connectivity index (χ3n) is 2.29. The standard InChI is InChI=1S/C11H10FNO2/c1-6(14)9-4-7-2-3-8(12)5-10(7)13-11(9)15/h2-6,14H,1H3,(H,13,15). The van der Waals surface area contributed by atoms with Crippen LogP contribution in [-0.2, 0) is 0 Å². The van der Waals surface area contributed by atoms with Gasteiger partial charge < -0.3 is 10.1 Å². The number of H-pyrrole nitrogens is 1. The van der Waals surface area contributed by atoms with Crippen LogP contribution in [0.5, 0.6) is 0 Å². The average Bonchev–Trinajstić information content (AvgIpc) is 2.15. The molecule has 0 saturated carbocycles. The molecule has 0 saturated heterocycles. The monoisotopic (exact) mass is 207 g/mol. The second-order valence-electron chi connectivity index (χ2n) is 3.46. The first-order valence-electron chi connectivity index (χ1n) is 4.58. The van der Waals surface area contributed by atoms with Crippen molar-refractivity contribution in [2.75, 3.05) is 0 Å². The van der Waals surface area contributed by atoms with Gasteiger partial charge in [0.05, 0.1) is 11.6 Å². The summed E-state index contributed by atoms with van der Waals surface area (Å²) in [6, 6.07) is 5.69. The Morgan fingerprint density at radius 3 is 2.80 bits per heavy atom. The van der Waals surface area contributed by atoms with Crippen molar-refractivity contribution >= 4 is 10.9 Å². The van der Waals surface area contributed by atoms with Crippen LogP contribution in [0, 0.1) is 5.82 Å². The van der Waals surface area contributed by atoms with E-state index >= 15 is 0 Å². The van der Waals surface area contributed by atoms with Crippen LogP contribution in [0.15, 0.2) is 29.1 Å². The summed E-state index contributed by atoms with van der Waals surface area (Å²) in [6.07, 6.45) is -0.830. The fourth-order valence-electron chi connectivity index (χ4n) is 1.50. The first-order valence-corrected chi connectivity index (χ1v) is 4.58. The Labute approximate surface area is 85.2 Å². The zero-order valence-electron chi connectivity index (χ0n) is 8.12. The summed E-state index contributed by atoms with van der Waals surface area (Å²) in [5, 5.41) is 10.0. The molecule has 1 aromatic heterocycles. The second kappa shape index (κ2) is 3.47. The zero-order chi connectivity index (χ0) is 11.0. The van der Waals surface area contributed by atoms with Gasteiger partial charge in [0.2, 0.25) is 0 Å². The van der Waals surface area contributed by atoms with Crippen LogP contribution >= 0.6 is 0 Å². The van der Waals surface area contributed by atoms with E-state index < -0.39 is 11.9 Å². The van der Waals surface area contributed by atoms with Gasteiger partial charge in [0.15, 0.2) is 0 Å². The maximum Gasteiger partial charge on any atom is 0.254 e. The van der Waals surface area contributed by atoms with Crippen LogP contribution in [-0.4, -0.2) is 10.1 Å². The molecule has 2 aromatic rings. The number of aliphatic hydroxyl groups is 1. The number of pyridine rings is 1. The summed E-state index contributed by atoms with van der Waals surface area (Å²) >= 11 is 0. The Bertz CT molecular complexity index is 560. The topological polar surface area (TPSA) is 53.1 Å². The lowest BCUT2D eigenvalue weighted by Crippen LogP contribution is -2.14. The summed E-state index contributed by atoms with van der Waals surface area (Å²) in [5.74, 6) is -0.400. The molecule has 0 aliphatic rings. The SMILES string of the molecule is CC(O)c1cc2ccc(F)cc2[nH]c1=O. The summed E-state index contributed by atoms with van der Waals surface area (Å²) < 4.78 is 12.9. The molecule has 0 aliphatic carbocycles. The van der Waals surface area contributed by atoms with Crippen LogP contribution in [0.2, 0.25) is 0 Å². The lowest BCUT2D eigenvalue weighted by atomic mass is 10.1. The Balaban J connectivity index is 2.76. The van der Waals surface area contributed by atoms with E-state index in [1.54, 1.807) is 12.1 Å². The van der Waals surface area contributed by atoms with Gasteiger partial charge >= 0.3 is 0 Å². The molecule has 0 radical (unpaired) electrons. The Hall–Kier alpha value is -1.68. The molecular weight excluding hydrogens is 197 g/mol. The Kier molecular flexibility index (Phi) is 2.28. The van der Waals surface area contributed by atoms with Crippen molar-refractivity contribution in [2.45, 2.75) is 13.0 Å². The third kappa shape index (κ3) is 1.76. The number of hydrogen-bond acceptors (Lipinski definition) is 2. The fourth-order valence-corrected chi connectivity index (χ4v) is 1.50. The molecule has 1 aromatic carbocycles. The first kappa shape index (κ1) is 9.86. The number of aliphatic hydroxyl groups excluding tert-OH is 1. The number of nitrogens with one attached hydrogen (secondary N) is 1. The highest BCUT2D eigenvalue weighted by molar-refractivity contribution is 5.78. The van der Waals surface area contributed by atoms with Gasteiger partial charge in [-0.15, -0.1) is 0 Å². The Morgan fingerprint density at radius 1 is 1.40 bits per heavy atom. The number of aromatic nitrogens is 1. The van der Waals surface area contributed by atoms with Gasteiger partial charge in [0.25, 0.3) is 5.56 Å².